The lowest BCUT2D eigenvalue weighted by molar-refractivity contribution is -0.126. The maximum atomic E-state index is 12.7. The summed E-state index contributed by atoms with van der Waals surface area (Å²) in [7, 11) is -3.58. The number of amides is 1. The fourth-order valence-corrected chi connectivity index (χ4v) is 4.81. The van der Waals surface area contributed by atoms with Gasteiger partial charge in [0.1, 0.15) is 0 Å². The molecule has 1 amide bonds. The highest BCUT2D eigenvalue weighted by molar-refractivity contribution is 7.89. The number of piperidine rings is 1. The summed E-state index contributed by atoms with van der Waals surface area (Å²) in [5.41, 5.74) is 0.428. The van der Waals surface area contributed by atoms with Gasteiger partial charge in [-0.1, -0.05) is 26.2 Å². The van der Waals surface area contributed by atoms with E-state index in [2.05, 4.69) is 12.2 Å². The maximum absolute atomic E-state index is 12.7. The van der Waals surface area contributed by atoms with E-state index in [-0.39, 0.29) is 22.8 Å². The van der Waals surface area contributed by atoms with Crippen LogP contribution in [0.1, 0.15) is 57.9 Å². The molecule has 1 unspecified atom stereocenters. The van der Waals surface area contributed by atoms with Crippen molar-refractivity contribution in [2.45, 2.75) is 63.3 Å². The number of sulfonamides is 1. The number of unbranched alkanes of at least 4 members (excludes halogenated alkanes) is 2. The maximum Gasteiger partial charge on any atom is 0.243 e. The molecule has 2 rings (SSSR count). The predicted molar refractivity (Wildman–Crippen MR) is 104 cm³/mol. The van der Waals surface area contributed by atoms with Crippen LogP contribution < -0.4 is 5.32 Å². The molecule has 1 aliphatic rings. The predicted octanol–water partition coefficient (Wildman–Crippen LogP) is 3.04. The van der Waals surface area contributed by atoms with Gasteiger partial charge in [-0.2, -0.15) is 9.57 Å². The third-order valence-corrected chi connectivity index (χ3v) is 6.99. The van der Waals surface area contributed by atoms with Crippen molar-refractivity contribution >= 4 is 15.9 Å². The second-order valence-electron chi connectivity index (χ2n) is 7.22. The minimum Gasteiger partial charge on any atom is -0.353 e. The smallest absolute Gasteiger partial charge is 0.243 e. The molecule has 1 aromatic rings. The van der Waals surface area contributed by atoms with Crippen molar-refractivity contribution in [1.29, 1.82) is 5.26 Å². The van der Waals surface area contributed by atoms with E-state index in [1.165, 1.54) is 35.0 Å². The molecule has 0 saturated carbocycles. The van der Waals surface area contributed by atoms with E-state index < -0.39 is 10.0 Å². The number of rotatable bonds is 8. The van der Waals surface area contributed by atoms with Crippen LogP contribution >= 0.6 is 0 Å². The first-order chi connectivity index (χ1) is 12.9. The Balaban J connectivity index is 1.88. The van der Waals surface area contributed by atoms with Crippen LogP contribution in [-0.2, 0) is 14.8 Å². The number of hydrogen-bond acceptors (Lipinski definition) is 4. The highest BCUT2D eigenvalue weighted by Crippen LogP contribution is 2.24. The number of carbonyl (C=O) groups excluding carboxylic acids is 1. The molecular weight excluding hydrogens is 362 g/mol. The van der Waals surface area contributed by atoms with Gasteiger partial charge in [-0.25, -0.2) is 8.42 Å². The van der Waals surface area contributed by atoms with Crippen LogP contribution in [-0.4, -0.2) is 37.8 Å². The minimum atomic E-state index is -3.58. The van der Waals surface area contributed by atoms with Gasteiger partial charge in [0.25, 0.3) is 0 Å². The summed E-state index contributed by atoms with van der Waals surface area (Å²) in [6.07, 6.45) is 5.48. The highest BCUT2D eigenvalue weighted by atomic mass is 32.2. The molecule has 1 heterocycles. The van der Waals surface area contributed by atoms with E-state index in [1.807, 2.05) is 13.0 Å². The second-order valence-corrected chi connectivity index (χ2v) is 9.16. The van der Waals surface area contributed by atoms with E-state index in [4.69, 9.17) is 5.26 Å². The molecule has 0 spiro atoms. The van der Waals surface area contributed by atoms with Gasteiger partial charge in [0.15, 0.2) is 0 Å². The van der Waals surface area contributed by atoms with E-state index >= 15 is 0 Å². The molecule has 1 aromatic carbocycles. The van der Waals surface area contributed by atoms with Gasteiger partial charge in [-0.05, 0) is 50.5 Å². The standard InChI is InChI=1S/C20H29N3O3S/c1-3-4-5-6-16(2)22-20(24)18-11-13-23(14-12-18)27(25,26)19-9-7-17(15-21)8-10-19/h7-10,16,18H,3-6,11-14H2,1-2H3,(H,22,24). The lowest BCUT2D eigenvalue weighted by Gasteiger charge is -2.31. The van der Waals surface area contributed by atoms with Crippen molar-refractivity contribution in [3.05, 3.63) is 29.8 Å². The van der Waals surface area contributed by atoms with Crippen LogP contribution in [0.3, 0.4) is 0 Å². The molecule has 0 aromatic heterocycles. The van der Waals surface area contributed by atoms with Crippen molar-refractivity contribution in [2.75, 3.05) is 13.1 Å². The molecule has 1 fully saturated rings. The summed E-state index contributed by atoms with van der Waals surface area (Å²) in [6.45, 7) is 4.86. The van der Waals surface area contributed by atoms with Crippen molar-refractivity contribution < 1.29 is 13.2 Å². The zero-order valence-electron chi connectivity index (χ0n) is 16.1. The Labute approximate surface area is 162 Å². The Morgan fingerprint density at radius 2 is 1.89 bits per heavy atom. The summed E-state index contributed by atoms with van der Waals surface area (Å²) in [5.74, 6) is -0.0968. The number of hydrogen-bond donors (Lipinski definition) is 1. The molecule has 1 N–H and O–H groups in total. The largest absolute Gasteiger partial charge is 0.353 e. The SMILES string of the molecule is CCCCCC(C)NC(=O)C1CCN(S(=O)(=O)c2ccc(C#N)cc2)CC1. The highest BCUT2D eigenvalue weighted by Gasteiger charge is 2.32. The third-order valence-electron chi connectivity index (χ3n) is 5.08. The van der Waals surface area contributed by atoms with Crippen molar-refractivity contribution in [1.82, 2.24) is 9.62 Å². The number of nitriles is 1. The lowest BCUT2D eigenvalue weighted by Crippen LogP contribution is -2.44. The zero-order valence-corrected chi connectivity index (χ0v) is 17.0. The first-order valence-corrected chi connectivity index (χ1v) is 11.1. The molecule has 0 radical (unpaired) electrons. The fourth-order valence-electron chi connectivity index (χ4n) is 3.34. The van der Waals surface area contributed by atoms with E-state index in [1.54, 1.807) is 0 Å². The van der Waals surface area contributed by atoms with Gasteiger partial charge in [-0.15, -0.1) is 0 Å². The Kier molecular flexibility index (Phi) is 7.81. The molecule has 1 atom stereocenters. The summed E-state index contributed by atoms with van der Waals surface area (Å²) >= 11 is 0. The van der Waals surface area contributed by atoms with Gasteiger partial charge >= 0.3 is 0 Å². The van der Waals surface area contributed by atoms with Crippen LogP contribution in [0.4, 0.5) is 0 Å². The number of carbonyl (C=O) groups is 1. The Morgan fingerprint density at radius 3 is 2.44 bits per heavy atom. The quantitative estimate of drug-likeness (QED) is 0.690. The second kappa shape index (κ2) is 9.86. The Bertz CT molecular complexity index is 761. The molecule has 0 aliphatic carbocycles. The molecule has 6 nitrogen and oxygen atoms in total. The average molecular weight is 392 g/mol. The molecule has 1 saturated heterocycles. The Morgan fingerprint density at radius 1 is 1.26 bits per heavy atom. The molecule has 1 aliphatic heterocycles. The van der Waals surface area contributed by atoms with Crippen molar-refractivity contribution in [2.24, 2.45) is 5.92 Å². The minimum absolute atomic E-state index is 0.0365. The summed E-state index contributed by atoms with van der Waals surface area (Å²) < 4.78 is 26.9. The topological polar surface area (TPSA) is 90.3 Å². The summed E-state index contributed by atoms with van der Waals surface area (Å²) in [5, 5.41) is 11.9. The normalized spacial score (nSPS) is 17.2. The van der Waals surface area contributed by atoms with Crippen molar-refractivity contribution in [3.63, 3.8) is 0 Å². The van der Waals surface area contributed by atoms with Crippen LogP contribution in [0.25, 0.3) is 0 Å². The monoisotopic (exact) mass is 391 g/mol. The summed E-state index contributed by atoms with van der Waals surface area (Å²) in [4.78, 5) is 12.6. The molecule has 27 heavy (non-hydrogen) atoms. The first kappa shape index (κ1) is 21.4. The van der Waals surface area contributed by atoms with Crippen molar-refractivity contribution in [3.8, 4) is 6.07 Å². The van der Waals surface area contributed by atoms with Gasteiger partial charge < -0.3 is 5.32 Å². The third kappa shape index (κ3) is 5.78. The van der Waals surface area contributed by atoms with Crippen LogP contribution in [0.2, 0.25) is 0 Å². The van der Waals surface area contributed by atoms with Gasteiger partial charge in [-0.3, -0.25) is 4.79 Å². The average Bonchev–Trinajstić information content (AvgIpc) is 2.68. The van der Waals surface area contributed by atoms with E-state index in [0.717, 1.165) is 19.3 Å². The first-order valence-electron chi connectivity index (χ1n) is 9.69. The molecule has 7 heteroatoms. The van der Waals surface area contributed by atoms with Gasteiger partial charge in [0.2, 0.25) is 15.9 Å². The molecular formula is C20H29N3O3S. The number of nitrogens with one attached hydrogen (secondary N) is 1. The van der Waals surface area contributed by atoms with Gasteiger partial charge in [0, 0.05) is 25.0 Å². The zero-order chi connectivity index (χ0) is 19.9. The fraction of sp³-hybridized carbons (Fsp3) is 0.600. The molecule has 0 bridgehead atoms. The number of nitrogens with zero attached hydrogens (tertiary/aromatic N) is 2. The Hall–Kier alpha value is -1.91. The van der Waals surface area contributed by atoms with E-state index in [9.17, 15) is 13.2 Å². The lowest BCUT2D eigenvalue weighted by atomic mass is 9.96. The van der Waals surface area contributed by atoms with E-state index in [0.29, 0.717) is 31.5 Å². The van der Waals surface area contributed by atoms with Crippen LogP contribution in [0.15, 0.2) is 29.2 Å². The van der Waals surface area contributed by atoms with Crippen LogP contribution in [0, 0.1) is 17.2 Å². The van der Waals surface area contributed by atoms with Crippen LogP contribution in [0.5, 0.6) is 0 Å². The summed E-state index contributed by atoms with van der Waals surface area (Å²) in [6, 6.07) is 8.08. The number of benzene rings is 1. The molecule has 148 valence electrons. The van der Waals surface area contributed by atoms with Gasteiger partial charge in [0.05, 0.1) is 16.5 Å².